The van der Waals surface area contributed by atoms with Crippen LogP contribution in [0.3, 0.4) is 0 Å². The summed E-state index contributed by atoms with van der Waals surface area (Å²) in [6.45, 7) is 7.20. The number of hydrogen-bond acceptors (Lipinski definition) is 4. The van der Waals surface area contributed by atoms with Crippen molar-refractivity contribution in [3.05, 3.63) is 66.5 Å². The van der Waals surface area contributed by atoms with Gasteiger partial charge in [-0.2, -0.15) is 0 Å². The maximum absolute atomic E-state index is 14.6. The van der Waals surface area contributed by atoms with Crippen molar-refractivity contribution in [3.63, 3.8) is 0 Å². The van der Waals surface area contributed by atoms with Gasteiger partial charge in [-0.15, -0.1) is 6.58 Å². The third kappa shape index (κ3) is 14.3. The highest BCUT2D eigenvalue weighted by molar-refractivity contribution is 5.91. The topological polar surface area (TPSA) is 44.8 Å². The van der Waals surface area contributed by atoms with E-state index >= 15 is 0 Å². The first-order chi connectivity index (χ1) is 21.6. The van der Waals surface area contributed by atoms with Crippen LogP contribution in [0.25, 0.3) is 0 Å². The second kappa shape index (κ2) is 21.8. The lowest BCUT2D eigenvalue weighted by Gasteiger charge is -2.28. The number of esters is 1. The second-order valence-corrected chi connectivity index (χ2v) is 12.6. The molecule has 44 heavy (non-hydrogen) atoms. The van der Waals surface area contributed by atoms with Gasteiger partial charge in [0.1, 0.15) is 11.5 Å². The first kappa shape index (κ1) is 35.7. The van der Waals surface area contributed by atoms with Crippen molar-refractivity contribution in [3.8, 4) is 17.2 Å². The number of carbonyl (C=O) groups is 1. The van der Waals surface area contributed by atoms with E-state index in [1.165, 1.54) is 108 Å². The molecule has 2 aromatic rings. The summed E-state index contributed by atoms with van der Waals surface area (Å²) in [5.41, 5.74) is 0.151. The predicted molar refractivity (Wildman–Crippen MR) is 179 cm³/mol. The molecular formula is C39H57FO4. The van der Waals surface area contributed by atoms with Crippen LogP contribution in [0, 0.1) is 17.7 Å². The summed E-state index contributed by atoms with van der Waals surface area (Å²) in [7, 11) is 0. The molecule has 0 spiro atoms. The minimum Gasteiger partial charge on any atom is -0.494 e. The Labute approximate surface area is 266 Å². The average Bonchev–Trinajstić information content (AvgIpc) is 3.04. The Morgan fingerprint density at radius 3 is 1.98 bits per heavy atom. The maximum Gasteiger partial charge on any atom is 0.343 e. The van der Waals surface area contributed by atoms with Crippen LogP contribution in [-0.2, 0) is 0 Å². The summed E-state index contributed by atoms with van der Waals surface area (Å²) in [4.78, 5) is 12.6. The fourth-order valence-corrected chi connectivity index (χ4v) is 6.20. The molecule has 5 heteroatoms. The molecule has 2 aromatic carbocycles. The molecule has 1 fully saturated rings. The van der Waals surface area contributed by atoms with Crippen molar-refractivity contribution in [2.24, 2.45) is 11.8 Å². The molecule has 1 aliphatic rings. The molecule has 0 atom stereocenters. The molecule has 0 bridgehead atoms. The monoisotopic (exact) mass is 608 g/mol. The number of rotatable bonds is 23. The molecule has 0 aromatic heterocycles. The minimum absolute atomic E-state index is 0.151. The van der Waals surface area contributed by atoms with Crippen molar-refractivity contribution < 1.29 is 23.4 Å². The minimum atomic E-state index is -0.603. The van der Waals surface area contributed by atoms with Gasteiger partial charge in [-0.3, -0.25) is 0 Å². The first-order valence-corrected chi connectivity index (χ1v) is 17.6. The lowest BCUT2D eigenvalue weighted by Crippen LogP contribution is -2.15. The fourth-order valence-electron chi connectivity index (χ4n) is 6.20. The number of halogens is 1. The van der Waals surface area contributed by atoms with Crippen LogP contribution >= 0.6 is 0 Å². The van der Waals surface area contributed by atoms with Gasteiger partial charge in [0.05, 0.1) is 18.8 Å². The first-order valence-electron chi connectivity index (χ1n) is 17.6. The summed E-state index contributed by atoms with van der Waals surface area (Å²) >= 11 is 0. The van der Waals surface area contributed by atoms with Gasteiger partial charge in [0, 0.05) is 0 Å². The number of carbonyl (C=O) groups excluding carboxylic acids is 1. The molecule has 0 aliphatic heterocycles. The summed E-state index contributed by atoms with van der Waals surface area (Å²) in [5.74, 6) is 1.97. The van der Waals surface area contributed by atoms with Gasteiger partial charge in [0.15, 0.2) is 11.6 Å². The standard InChI is InChI=1S/C39H57FO4/c1-3-5-7-8-9-10-11-12-13-15-29-43-38-28-23-34(31-37(38)40)39(41)44-36-26-24-35(25-27-36)42-30-16-18-33-21-19-32(20-22-33)17-14-6-4-2/h3,23-28,31-33H,1,4-22,29-30H2,2H3. The molecule has 0 heterocycles. The smallest absolute Gasteiger partial charge is 0.343 e. The van der Waals surface area contributed by atoms with Gasteiger partial charge in [-0.05, 0) is 86.4 Å². The van der Waals surface area contributed by atoms with Crippen LogP contribution in [0.1, 0.15) is 139 Å². The SMILES string of the molecule is C=CCCCCCCCCCCOc1ccc(C(=O)Oc2ccc(OCCCC3CCC(CCCCC)CC3)cc2)cc1F. The molecule has 4 nitrogen and oxygen atoms in total. The number of hydrogen-bond donors (Lipinski definition) is 0. The van der Waals surface area contributed by atoms with E-state index in [1.54, 1.807) is 18.2 Å². The van der Waals surface area contributed by atoms with Crippen LogP contribution in [0.2, 0.25) is 0 Å². The molecule has 0 unspecified atom stereocenters. The molecule has 0 N–H and O–H groups in total. The Hall–Kier alpha value is -2.82. The lowest BCUT2D eigenvalue weighted by atomic mass is 9.78. The third-order valence-corrected chi connectivity index (χ3v) is 8.97. The van der Waals surface area contributed by atoms with Gasteiger partial charge >= 0.3 is 5.97 Å². The van der Waals surface area contributed by atoms with Gasteiger partial charge in [-0.1, -0.05) is 103 Å². The molecule has 0 amide bonds. The Morgan fingerprint density at radius 1 is 0.750 bits per heavy atom. The van der Waals surface area contributed by atoms with E-state index < -0.39 is 11.8 Å². The van der Waals surface area contributed by atoms with E-state index in [9.17, 15) is 9.18 Å². The van der Waals surface area contributed by atoms with Gasteiger partial charge < -0.3 is 14.2 Å². The number of allylic oxidation sites excluding steroid dienone is 1. The zero-order valence-corrected chi connectivity index (χ0v) is 27.3. The largest absolute Gasteiger partial charge is 0.494 e. The van der Waals surface area contributed by atoms with Gasteiger partial charge in [-0.25, -0.2) is 9.18 Å². The Morgan fingerprint density at radius 2 is 1.34 bits per heavy atom. The van der Waals surface area contributed by atoms with E-state index in [0.29, 0.717) is 19.0 Å². The molecule has 244 valence electrons. The van der Waals surface area contributed by atoms with E-state index in [0.717, 1.165) is 43.3 Å². The second-order valence-electron chi connectivity index (χ2n) is 12.6. The Bertz CT molecular complexity index is 1060. The summed E-state index contributed by atoms with van der Waals surface area (Å²) < 4.78 is 31.6. The van der Waals surface area contributed by atoms with Crippen LogP contribution in [-0.4, -0.2) is 19.2 Å². The molecular weight excluding hydrogens is 551 g/mol. The fraction of sp³-hybridized carbons (Fsp3) is 0.615. The molecule has 3 rings (SSSR count). The zero-order valence-electron chi connectivity index (χ0n) is 27.3. The van der Waals surface area contributed by atoms with Crippen molar-refractivity contribution in [1.82, 2.24) is 0 Å². The zero-order chi connectivity index (χ0) is 31.2. The summed E-state index contributed by atoms with van der Waals surface area (Å²) in [6, 6.07) is 11.3. The van der Waals surface area contributed by atoms with Crippen LogP contribution in [0.15, 0.2) is 55.1 Å². The van der Waals surface area contributed by atoms with Crippen molar-refractivity contribution in [2.45, 2.75) is 129 Å². The number of unbranched alkanes of at least 4 members (excludes halogenated alkanes) is 10. The molecule has 0 saturated heterocycles. The maximum atomic E-state index is 14.6. The normalized spacial score (nSPS) is 16.4. The van der Waals surface area contributed by atoms with Crippen molar-refractivity contribution in [2.75, 3.05) is 13.2 Å². The van der Waals surface area contributed by atoms with E-state index in [1.807, 2.05) is 18.2 Å². The molecule has 0 radical (unpaired) electrons. The van der Waals surface area contributed by atoms with E-state index in [4.69, 9.17) is 14.2 Å². The quantitative estimate of drug-likeness (QED) is 0.0545. The van der Waals surface area contributed by atoms with Crippen molar-refractivity contribution >= 4 is 5.97 Å². The van der Waals surface area contributed by atoms with Crippen LogP contribution in [0.5, 0.6) is 17.2 Å². The highest BCUT2D eigenvalue weighted by atomic mass is 19.1. The van der Waals surface area contributed by atoms with Crippen LogP contribution in [0.4, 0.5) is 4.39 Å². The van der Waals surface area contributed by atoms with E-state index in [2.05, 4.69) is 13.5 Å². The predicted octanol–water partition coefficient (Wildman–Crippen LogP) is 11.7. The number of ether oxygens (including phenoxy) is 3. The highest BCUT2D eigenvalue weighted by Crippen LogP contribution is 2.34. The average molecular weight is 609 g/mol. The van der Waals surface area contributed by atoms with Gasteiger partial charge in [0.25, 0.3) is 0 Å². The molecule has 1 saturated carbocycles. The van der Waals surface area contributed by atoms with E-state index in [-0.39, 0.29) is 11.3 Å². The Kier molecular flexibility index (Phi) is 17.7. The Balaban J connectivity index is 1.27. The number of benzene rings is 2. The molecule has 1 aliphatic carbocycles. The van der Waals surface area contributed by atoms with Crippen molar-refractivity contribution in [1.29, 1.82) is 0 Å². The summed E-state index contributed by atoms with van der Waals surface area (Å²) in [6.07, 6.45) is 25.9. The van der Waals surface area contributed by atoms with Crippen LogP contribution < -0.4 is 14.2 Å². The highest BCUT2D eigenvalue weighted by Gasteiger charge is 2.20. The summed E-state index contributed by atoms with van der Waals surface area (Å²) in [5, 5.41) is 0. The van der Waals surface area contributed by atoms with Gasteiger partial charge in [0.2, 0.25) is 0 Å². The lowest BCUT2D eigenvalue weighted by molar-refractivity contribution is 0.0734. The third-order valence-electron chi connectivity index (χ3n) is 8.97.